The van der Waals surface area contributed by atoms with Crippen LogP contribution in [-0.2, 0) is 31.1 Å². The zero-order chi connectivity index (χ0) is 25.9. The smallest absolute Gasteiger partial charge is 0.00643 e. The van der Waals surface area contributed by atoms with Crippen molar-refractivity contribution < 1.29 is 0 Å². The molecule has 0 heterocycles. The fourth-order valence-corrected chi connectivity index (χ4v) is 5.65. The largest absolute Gasteiger partial charge is 0.0613 e. The molecule has 3 aromatic rings. The Morgan fingerprint density at radius 1 is 0.543 bits per heavy atom. The number of aryl methyl sites for hydroxylation is 5. The van der Waals surface area contributed by atoms with Crippen molar-refractivity contribution in [1.29, 1.82) is 0 Å². The number of hydrogen-bond donors (Lipinski definition) is 0. The molecule has 0 saturated heterocycles. The van der Waals surface area contributed by atoms with Crippen LogP contribution in [0.4, 0.5) is 0 Å². The highest BCUT2D eigenvalue weighted by Crippen LogP contribution is 2.42. The molecule has 0 saturated carbocycles. The van der Waals surface area contributed by atoms with E-state index < -0.39 is 0 Å². The molecule has 0 fully saturated rings. The van der Waals surface area contributed by atoms with Gasteiger partial charge in [-0.15, -0.1) is 0 Å². The SMILES string of the molecule is CCc1cc(CC)cc([C@@H](C)c2cc(C)cc([C@H](C)c3cc(CC)cc(CC)c3)c2C(C)(C)C)c1. The second-order valence-corrected chi connectivity index (χ2v) is 11.6. The van der Waals surface area contributed by atoms with Crippen molar-refractivity contribution in [3.63, 3.8) is 0 Å². The van der Waals surface area contributed by atoms with Gasteiger partial charge < -0.3 is 0 Å². The molecule has 0 amide bonds. The summed E-state index contributed by atoms with van der Waals surface area (Å²) in [6, 6.07) is 19.5. The molecule has 0 unspecified atom stereocenters. The third-order valence-electron chi connectivity index (χ3n) is 7.81. The standard InChI is InChI=1S/C35H48/c1-11-26-17-27(12-2)20-30(19-26)24(6)32-15-23(5)16-33(34(32)35(8,9)10)25(7)31-21-28(13-3)18-29(14-4)22-31/h15-22,24-25H,11-14H2,1-10H3/t24-,25-/m1/s1. The summed E-state index contributed by atoms with van der Waals surface area (Å²) in [5.41, 5.74) is 14.7. The first kappa shape index (κ1) is 27.3. The van der Waals surface area contributed by atoms with Crippen molar-refractivity contribution in [2.75, 3.05) is 0 Å². The van der Waals surface area contributed by atoms with Crippen LogP contribution in [0, 0.1) is 6.92 Å². The van der Waals surface area contributed by atoms with Gasteiger partial charge in [-0.25, -0.2) is 0 Å². The van der Waals surface area contributed by atoms with Crippen LogP contribution in [-0.4, -0.2) is 0 Å². The first-order valence-corrected chi connectivity index (χ1v) is 13.9. The Bertz CT molecular complexity index is 1030. The van der Waals surface area contributed by atoms with Crippen LogP contribution in [0.1, 0.15) is 130 Å². The van der Waals surface area contributed by atoms with E-state index in [1.807, 2.05) is 0 Å². The van der Waals surface area contributed by atoms with E-state index >= 15 is 0 Å². The Hall–Kier alpha value is -2.34. The minimum Gasteiger partial charge on any atom is -0.0613 e. The Labute approximate surface area is 216 Å². The summed E-state index contributed by atoms with van der Waals surface area (Å²) >= 11 is 0. The van der Waals surface area contributed by atoms with Crippen LogP contribution in [0.2, 0.25) is 0 Å². The zero-order valence-electron chi connectivity index (χ0n) is 24.1. The van der Waals surface area contributed by atoms with Gasteiger partial charge in [0.1, 0.15) is 0 Å². The molecule has 2 atom stereocenters. The van der Waals surface area contributed by atoms with Gasteiger partial charge in [-0.2, -0.15) is 0 Å². The lowest BCUT2D eigenvalue weighted by Gasteiger charge is -2.32. The molecule has 0 nitrogen and oxygen atoms in total. The van der Waals surface area contributed by atoms with Crippen molar-refractivity contribution in [2.45, 2.75) is 112 Å². The van der Waals surface area contributed by atoms with Crippen LogP contribution in [0.25, 0.3) is 0 Å². The molecular weight excluding hydrogens is 420 g/mol. The van der Waals surface area contributed by atoms with Gasteiger partial charge in [-0.3, -0.25) is 0 Å². The fraction of sp³-hybridized carbons (Fsp3) is 0.486. The van der Waals surface area contributed by atoms with Crippen LogP contribution in [0.5, 0.6) is 0 Å². The maximum atomic E-state index is 2.46. The molecule has 0 N–H and O–H groups in total. The lowest BCUT2D eigenvalue weighted by Crippen LogP contribution is -2.21. The minimum absolute atomic E-state index is 0.0623. The van der Waals surface area contributed by atoms with Crippen LogP contribution >= 0.6 is 0 Å². The Morgan fingerprint density at radius 3 is 1.11 bits per heavy atom. The van der Waals surface area contributed by atoms with E-state index in [0.29, 0.717) is 11.8 Å². The normalized spacial score (nSPS) is 13.7. The molecule has 0 bridgehead atoms. The van der Waals surface area contributed by atoms with Crippen LogP contribution in [0.3, 0.4) is 0 Å². The molecule has 0 aliphatic heterocycles. The summed E-state index contributed by atoms with van der Waals surface area (Å²) in [4.78, 5) is 0. The van der Waals surface area contributed by atoms with Crippen molar-refractivity contribution in [2.24, 2.45) is 0 Å². The van der Waals surface area contributed by atoms with E-state index in [1.54, 1.807) is 0 Å². The van der Waals surface area contributed by atoms with Gasteiger partial charge in [0.25, 0.3) is 0 Å². The topological polar surface area (TPSA) is 0 Å². The number of hydrogen-bond acceptors (Lipinski definition) is 0. The lowest BCUT2D eigenvalue weighted by atomic mass is 9.72. The van der Waals surface area contributed by atoms with E-state index in [2.05, 4.69) is 118 Å². The summed E-state index contributed by atoms with van der Waals surface area (Å²) in [5.74, 6) is 0.722. The maximum absolute atomic E-state index is 2.46. The molecule has 0 aliphatic rings. The van der Waals surface area contributed by atoms with Gasteiger partial charge in [0.15, 0.2) is 0 Å². The lowest BCUT2D eigenvalue weighted by molar-refractivity contribution is 0.567. The quantitative estimate of drug-likeness (QED) is 0.308. The number of rotatable bonds is 8. The summed E-state index contributed by atoms with van der Waals surface area (Å²) < 4.78 is 0. The average Bonchev–Trinajstić information content (AvgIpc) is 2.85. The van der Waals surface area contributed by atoms with E-state index in [0.717, 1.165) is 25.7 Å². The van der Waals surface area contributed by atoms with E-state index in [-0.39, 0.29) is 5.41 Å². The van der Waals surface area contributed by atoms with Crippen molar-refractivity contribution >= 4 is 0 Å². The van der Waals surface area contributed by atoms with E-state index in [1.165, 1.54) is 55.6 Å². The van der Waals surface area contributed by atoms with Gasteiger partial charge in [0.05, 0.1) is 0 Å². The molecule has 3 aromatic carbocycles. The molecule has 188 valence electrons. The van der Waals surface area contributed by atoms with E-state index in [9.17, 15) is 0 Å². The third-order valence-corrected chi connectivity index (χ3v) is 7.81. The molecule has 3 rings (SSSR count). The Kier molecular flexibility index (Phi) is 8.68. The highest BCUT2D eigenvalue weighted by molar-refractivity contribution is 5.52. The Morgan fingerprint density at radius 2 is 0.857 bits per heavy atom. The number of benzene rings is 3. The molecule has 0 radical (unpaired) electrons. The molecule has 35 heavy (non-hydrogen) atoms. The predicted octanol–water partition coefficient (Wildman–Crippen LogP) is 9.85. The Balaban J connectivity index is 2.24. The highest BCUT2D eigenvalue weighted by atomic mass is 14.3. The minimum atomic E-state index is 0.0623. The van der Waals surface area contributed by atoms with Gasteiger partial charge in [-0.1, -0.05) is 116 Å². The summed E-state index contributed by atoms with van der Waals surface area (Å²) in [6.45, 7) is 23.4. The molecule has 0 heteroatoms. The van der Waals surface area contributed by atoms with Crippen LogP contribution < -0.4 is 0 Å². The molecular formula is C35H48. The first-order valence-electron chi connectivity index (χ1n) is 13.9. The fourth-order valence-electron chi connectivity index (χ4n) is 5.65. The van der Waals surface area contributed by atoms with Gasteiger partial charge in [0, 0.05) is 11.8 Å². The summed E-state index contributed by atoms with van der Waals surface area (Å²) in [6.07, 6.45) is 4.35. The second-order valence-electron chi connectivity index (χ2n) is 11.6. The zero-order valence-corrected chi connectivity index (χ0v) is 24.1. The van der Waals surface area contributed by atoms with Crippen molar-refractivity contribution in [3.05, 3.63) is 104 Å². The van der Waals surface area contributed by atoms with Crippen LogP contribution in [0.15, 0.2) is 48.5 Å². The summed E-state index contributed by atoms with van der Waals surface area (Å²) in [7, 11) is 0. The monoisotopic (exact) mass is 468 g/mol. The van der Waals surface area contributed by atoms with Crippen molar-refractivity contribution in [3.8, 4) is 0 Å². The van der Waals surface area contributed by atoms with Gasteiger partial charge >= 0.3 is 0 Å². The second kappa shape index (κ2) is 11.2. The molecule has 0 spiro atoms. The van der Waals surface area contributed by atoms with Gasteiger partial charge in [-0.05, 0) is 88.1 Å². The van der Waals surface area contributed by atoms with E-state index in [4.69, 9.17) is 0 Å². The maximum Gasteiger partial charge on any atom is 0.00643 e. The third kappa shape index (κ3) is 6.08. The van der Waals surface area contributed by atoms with Gasteiger partial charge in [0.2, 0.25) is 0 Å². The van der Waals surface area contributed by atoms with Crippen molar-refractivity contribution in [1.82, 2.24) is 0 Å². The predicted molar refractivity (Wildman–Crippen MR) is 155 cm³/mol. The highest BCUT2D eigenvalue weighted by Gasteiger charge is 2.28. The summed E-state index contributed by atoms with van der Waals surface area (Å²) in [5, 5.41) is 0. The first-order chi connectivity index (χ1) is 16.5. The molecule has 0 aliphatic carbocycles. The molecule has 0 aromatic heterocycles. The average molecular weight is 469 g/mol.